The maximum atomic E-state index is 12.3. The monoisotopic (exact) mass is 229 g/mol. The third-order valence-corrected chi connectivity index (χ3v) is 4.34. The molecule has 0 spiro atoms. The number of aryl methyl sites for hydroxylation is 1. The molecule has 17 heavy (non-hydrogen) atoms. The summed E-state index contributed by atoms with van der Waals surface area (Å²) in [7, 11) is 0. The first kappa shape index (κ1) is 11.0. The van der Waals surface area contributed by atoms with Crippen molar-refractivity contribution < 1.29 is 4.79 Å². The molecule has 2 fully saturated rings. The van der Waals surface area contributed by atoms with Crippen LogP contribution in [0.1, 0.15) is 30.4 Å². The number of carbonyl (C=O) groups is 1. The van der Waals surface area contributed by atoms with Gasteiger partial charge in [0.25, 0.3) is 0 Å². The minimum Gasteiger partial charge on any atom is -0.310 e. The molecular formula is C15H19NO. The predicted molar refractivity (Wildman–Crippen MR) is 67.9 cm³/mol. The molecule has 2 heterocycles. The van der Waals surface area contributed by atoms with Gasteiger partial charge in [0.2, 0.25) is 0 Å². The molecule has 2 nitrogen and oxygen atoms in total. The highest BCUT2D eigenvalue weighted by Crippen LogP contribution is 2.34. The van der Waals surface area contributed by atoms with Crippen molar-refractivity contribution in [2.24, 2.45) is 5.92 Å². The Morgan fingerprint density at radius 2 is 2.18 bits per heavy atom. The first-order chi connectivity index (χ1) is 8.24. The van der Waals surface area contributed by atoms with Crippen molar-refractivity contribution in [2.45, 2.75) is 44.7 Å². The van der Waals surface area contributed by atoms with Crippen molar-refractivity contribution in [1.29, 1.82) is 0 Å². The van der Waals surface area contributed by atoms with Crippen molar-refractivity contribution in [3.63, 3.8) is 0 Å². The van der Waals surface area contributed by atoms with E-state index in [1.54, 1.807) is 0 Å². The van der Waals surface area contributed by atoms with Crippen molar-refractivity contribution in [2.75, 3.05) is 0 Å². The number of ketones is 1. The van der Waals surface area contributed by atoms with E-state index >= 15 is 0 Å². The fraction of sp³-hybridized carbons (Fsp3) is 0.533. The van der Waals surface area contributed by atoms with Gasteiger partial charge in [-0.15, -0.1) is 0 Å². The molecule has 2 aliphatic heterocycles. The van der Waals surface area contributed by atoms with Gasteiger partial charge in [0.1, 0.15) is 5.78 Å². The van der Waals surface area contributed by atoms with E-state index in [-0.39, 0.29) is 5.92 Å². The van der Waals surface area contributed by atoms with Crippen LogP contribution in [0.4, 0.5) is 0 Å². The van der Waals surface area contributed by atoms with Crippen LogP contribution in [0, 0.1) is 12.8 Å². The third-order valence-electron chi connectivity index (χ3n) is 4.34. The maximum absolute atomic E-state index is 12.3. The second-order valence-corrected chi connectivity index (χ2v) is 5.46. The van der Waals surface area contributed by atoms with Crippen LogP contribution in [-0.4, -0.2) is 17.9 Å². The van der Waals surface area contributed by atoms with Crippen molar-refractivity contribution in [1.82, 2.24) is 5.32 Å². The highest BCUT2D eigenvalue weighted by atomic mass is 16.1. The molecule has 3 unspecified atom stereocenters. The molecule has 0 amide bonds. The molecule has 0 aliphatic carbocycles. The number of carbonyl (C=O) groups excluding carboxylic acids is 1. The highest BCUT2D eigenvalue weighted by Gasteiger charge is 2.42. The van der Waals surface area contributed by atoms with Crippen LogP contribution >= 0.6 is 0 Å². The summed E-state index contributed by atoms with van der Waals surface area (Å²) in [4.78, 5) is 12.3. The molecule has 0 saturated carbocycles. The molecule has 3 rings (SSSR count). The van der Waals surface area contributed by atoms with E-state index in [9.17, 15) is 4.79 Å². The van der Waals surface area contributed by atoms with Crippen LogP contribution in [0.3, 0.4) is 0 Å². The second-order valence-electron chi connectivity index (χ2n) is 5.46. The van der Waals surface area contributed by atoms with Gasteiger partial charge in [0.15, 0.2) is 0 Å². The summed E-state index contributed by atoms with van der Waals surface area (Å²) < 4.78 is 0. The Hall–Kier alpha value is -1.15. The van der Waals surface area contributed by atoms with E-state index < -0.39 is 0 Å². The molecule has 0 radical (unpaired) electrons. The summed E-state index contributed by atoms with van der Waals surface area (Å²) in [5, 5.41) is 3.54. The minimum atomic E-state index is 0.272. The number of benzene rings is 1. The van der Waals surface area contributed by atoms with Crippen LogP contribution < -0.4 is 5.32 Å². The third kappa shape index (κ3) is 2.02. The molecule has 1 aromatic carbocycles. The Morgan fingerprint density at radius 3 is 2.82 bits per heavy atom. The van der Waals surface area contributed by atoms with Crippen LogP contribution in [-0.2, 0) is 11.2 Å². The summed E-state index contributed by atoms with van der Waals surface area (Å²) in [5.74, 6) is 0.701. The van der Waals surface area contributed by atoms with Gasteiger partial charge >= 0.3 is 0 Å². The Bertz CT molecular complexity index is 440. The van der Waals surface area contributed by atoms with Gasteiger partial charge in [-0.1, -0.05) is 24.3 Å². The van der Waals surface area contributed by atoms with E-state index in [0.29, 0.717) is 24.3 Å². The summed E-state index contributed by atoms with van der Waals surface area (Å²) in [5.41, 5.74) is 2.43. The number of nitrogens with one attached hydrogen (secondary N) is 1. The molecule has 1 N–H and O–H groups in total. The number of Topliss-reactive ketones (excluding diaryl/α,β-unsaturated/α-hetero) is 1. The van der Waals surface area contributed by atoms with E-state index in [0.717, 1.165) is 6.42 Å². The number of fused-ring (bicyclic) bond motifs is 2. The van der Waals surface area contributed by atoms with Gasteiger partial charge in [0, 0.05) is 24.4 Å². The molecule has 2 heteroatoms. The molecule has 90 valence electrons. The molecular weight excluding hydrogens is 210 g/mol. The summed E-state index contributed by atoms with van der Waals surface area (Å²) in [6.07, 6.45) is 4.13. The Balaban J connectivity index is 1.70. The van der Waals surface area contributed by atoms with Crippen LogP contribution in [0.2, 0.25) is 0 Å². The Labute approximate surface area is 102 Å². The topological polar surface area (TPSA) is 29.1 Å². The lowest BCUT2D eigenvalue weighted by atomic mass is 9.83. The van der Waals surface area contributed by atoms with Gasteiger partial charge in [-0.2, -0.15) is 0 Å². The lowest BCUT2D eigenvalue weighted by Crippen LogP contribution is -2.29. The average molecular weight is 229 g/mol. The van der Waals surface area contributed by atoms with Gasteiger partial charge in [-0.3, -0.25) is 4.79 Å². The summed E-state index contributed by atoms with van der Waals surface area (Å²) >= 11 is 0. The Morgan fingerprint density at radius 1 is 1.35 bits per heavy atom. The van der Waals surface area contributed by atoms with Gasteiger partial charge in [-0.05, 0) is 37.3 Å². The molecule has 1 aromatic rings. The molecule has 2 aliphatic rings. The van der Waals surface area contributed by atoms with Crippen LogP contribution in [0.5, 0.6) is 0 Å². The first-order valence-electron chi connectivity index (χ1n) is 6.57. The van der Waals surface area contributed by atoms with Crippen molar-refractivity contribution in [3.05, 3.63) is 35.4 Å². The fourth-order valence-electron chi connectivity index (χ4n) is 3.31. The van der Waals surface area contributed by atoms with Gasteiger partial charge in [-0.25, -0.2) is 0 Å². The van der Waals surface area contributed by atoms with Gasteiger partial charge < -0.3 is 5.32 Å². The largest absolute Gasteiger partial charge is 0.310 e. The molecule has 2 bridgehead atoms. The van der Waals surface area contributed by atoms with E-state index in [1.807, 2.05) is 12.1 Å². The summed E-state index contributed by atoms with van der Waals surface area (Å²) in [6.45, 7) is 2.08. The molecule has 0 aromatic heterocycles. The van der Waals surface area contributed by atoms with Crippen LogP contribution in [0.25, 0.3) is 0 Å². The lowest BCUT2D eigenvalue weighted by molar-refractivity contribution is -0.122. The zero-order valence-corrected chi connectivity index (χ0v) is 10.3. The maximum Gasteiger partial charge on any atom is 0.141 e. The number of hydrogen-bond acceptors (Lipinski definition) is 2. The quantitative estimate of drug-likeness (QED) is 0.861. The Kier molecular flexibility index (Phi) is 2.75. The molecule has 3 atom stereocenters. The minimum absolute atomic E-state index is 0.272. The fourth-order valence-corrected chi connectivity index (χ4v) is 3.31. The lowest BCUT2D eigenvalue weighted by Gasteiger charge is -2.19. The number of rotatable bonds is 3. The van der Waals surface area contributed by atoms with Gasteiger partial charge in [0.05, 0.1) is 0 Å². The van der Waals surface area contributed by atoms with Crippen molar-refractivity contribution in [3.8, 4) is 0 Å². The highest BCUT2D eigenvalue weighted by molar-refractivity contribution is 5.84. The van der Waals surface area contributed by atoms with E-state index in [2.05, 4.69) is 24.4 Å². The summed E-state index contributed by atoms with van der Waals surface area (Å²) in [6, 6.07) is 9.30. The smallest absolute Gasteiger partial charge is 0.141 e. The average Bonchev–Trinajstić information content (AvgIpc) is 2.94. The van der Waals surface area contributed by atoms with Crippen LogP contribution in [0.15, 0.2) is 24.3 Å². The number of hydrogen-bond donors (Lipinski definition) is 1. The zero-order chi connectivity index (χ0) is 11.8. The SMILES string of the molecule is Cc1ccccc1CC(=O)C1CC2CCC1N2. The van der Waals surface area contributed by atoms with E-state index in [1.165, 1.54) is 24.0 Å². The van der Waals surface area contributed by atoms with E-state index in [4.69, 9.17) is 0 Å². The standard InChI is InChI=1S/C15H19NO/c1-10-4-2-3-5-11(10)8-15(17)13-9-12-6-7-14(13)16-12/h2-5,12-14,16H,6-9H2,1H3. The first-order valence-corrected chi connectivity index (χ1v) is 6.57. The zero-order valence-electron chi connectivity index (χ0n) is 10.3. The second kappa shape index (κ2) is 4.26. The predicted octanol–water partition coefficient (Wildman–Crippen LogP) is 2.25. The van der Waals surface area contributed by atoms with Crippen molar-refractivity contribution >= 4 is 5.78 Å². The normalized spacial score (nSPS) is 30.8. The molecule has 2 saturated heterocycles.